The molecule has 156 valence electrons. The summed E-state index contributed by atoms with van der Waals surface area (Å²) in [7, 11) is 0. The number of aryl methyl sites for hydroxylation is 1. The van der Waals surface area contributed by atoms with Crippen LogP contribution in [0.5, 0.6) is 0 Å². The molecule has 2 N–H and O–H groups in total. The van der Waals surface area contributed by atoms with Gasteiger partial charge in [0.1, 0.15) is 5.82 Å². The second-order valence-corrected chi connectivity index (χ2v) is 9.56. The van der Waals surface area contributed by atoms with Crippen molar-refractivity contribution < 1.29 is 0 Å². The molecule has 1 unspecified atom stereocenters. The van der Waals surface area contributed by atoms with E-state index in [2.05, 4.69) is 41.4 Å². The first-order valence-corrected chi connectivity index (χ1v) is 11.8. The molecule has 1 aliphatic heterocycles. The molecule has 4 rings (SSSR count). The van der Waals surface area contributed by atoms with E-state index in [0.29, 0.717) is 11.9 Å². The van der Waals surface area contributed by atoms with Gasteiger partial charge in [-0.25, -0.2) is 4.98 Å². The molecule has 1 saturated heterocycles. The maximum atomic E-state index is 4.67. The Labute approximate surface area is 182 Å². The van der Waals surface area contributed by atoms with Crippen LogP contribution in [0.4, 0.5) is 17.5 Å². The van der Waals surface area contributed by atoms with Crippen LogP contribution >= 0.6 is 15.9 Å². The van der Waals surface area contributed by atoms with Crippen LogP contribution in [0.15, 0.2) is 34.8 Å². The van der Waals surface area contributed by atoms with Crippen molar-refractivity contribution >= 4 is 33.4 Å². The smallest absolute Gasteiger partial charge is 0.229 e. The van der Waals surface area contributed by atoms with Crippen molar-refractivity contribution in [1.82, 2.24) is 14.9 Å². The van der Waals surface area contributed by atoms with Gasteiger partial charge in [-0.1, -0.05) is 35.2 Å². The Bertz CT molecular complexity index is 788. The quantitative estimate of drug-likeness (QED) is 0.565. The monoisotopic (exact) mass is 457 g/mol. The summed E-state index contributed by atoms with van der Waals surface area (Å²) in [5, 5.41) is 6.86. The molecule has 0 spiro atoms. The number of likely N-dealkylation sites (tertiary alicyclic amines) is 1. The van der Waals surface area contributed by atoms with E-state index in [1.807, 2.05) is 37.3 Å². The van der Waals surface area contributed by atoms with Crippen LogP contribution < -0.4 is 10.6 Å². The van der Waals surface area contributed by atoms with Gasteiger partial charge in [-0.05, 0) is 68.8 Å². The molecule has 5 nitrogen and oxygen atoms in total. The van der Waals surface area contributed by atoms with Crippen LogP contribution in [-0.2, 0) is 0 Å². The van der Waals surface area contributed by atoms with Gasteiger partial charge >= 0.3 is 0 Å². The maximum absolute atomic E-state index is 4.67. The number of halogens is 1. The first-order chi connectivity index (χ1) is 14.1. The number of aromatic nitrogens is 2. The predicted molar refractivity (Wildman–Crippen MR) is 124 cm³/mol. The van der Waals surface area contributed by atoms with Gasteiger partial charge in [0.2, 0.25) is 5.95 Å². The number of benzene rings is 1. The van der Waals surface area contributed by atoms with E-state index >= 15 is 0 Å². The molecule has 1 aliphatic carbocycles. The highest BCUT2D eigenvalue weighted by Crippen LogP contribution is 2.27. The maximum Gasteiger partial charge on any atom is 0.229 e. The van der Waals surface area contributed by atoms with Gasteiger partial charge in [0.05, 0.1) is 0 Å². The summed E-state index contributed by atoms with van der Waals surface area (Å²) in [5.41, 5.74) is 1.95. The third kappa shape index (κ3) is 6.16. The second-order valence-electron chi connectivity index (χ2n) is 8.65. The molecule has 2 fully saturated rings. The van der Waals surface area contributed by atoms with Crippen molar-refractivity contribution in [3.63, 3.8) is 0 Å². The Morgan fingerprint density at radius 3 is 2.62 bits per heavy atom. The fourth-order valence-corrected chi connectivity index (χ4v) is 4.87. The van der Waals surface area contributed by atoms with Gasteiger partial charge in [0.25, 0.3) is 0 Å². The van der Waals surface area contributed by atoms with Crippen LogP contribution in [0.3, 0.4) is 0 Å². The summed E-state index contributed by atoms with van der Waals surface area (Å²) in [6, 6.07) is 10.1. The van der Waals surface area contributed by atoms with Gasteiger partial charge in [0, 0.05) is 41.6 Å². The van der Waals surface area contributed by atoms with Crippen molar-refractivity contribution in [2.45, 2.75) is 45.4 Å². The lowest BCUT2D eigenvalue weighted by Crippen LogP contribution is -2.29. The lowest BCUT2D eigenvalue weighted by molar-refractivity contribution is 0.229. The number of nitrogens with one attached hydrogen (secondary N) is 2. The Kier molecular flexibility index (Phi) is 7.03. The van der Waals surface area contributed by atoms with Gasteiger partial charge in [0.15, 0.2) is 0 Å². The molecule has 1 aromatic heterocycles. The molecule has 0 amide bonds. The number of nitrogens with zero attached hydrogens (tertiary/aromatic N) is 3. The van der Waals surface area contributed by atoms with Crippen LogP contribution in [0.1, 0.15) is 44.2 Å². The third-order valence-corrected chi connectivity index (χ3v) is 6.67. The molecule has 2 aliphatic rings. The Morgan fingerprint density at radius 1 is 1.03 bits per heavy atom. The third-order valence-electron chi connectivity index (χ3n) is 6.14. The molecule has 0 bridgehead atoms. The summed E-state index contributed by atoms with van der Waals surface area (Å²) in [6.45, 7) is 6.78. The lowest BCUT2D eigenvalue weighted by Gasteiger charge is -2.26. The minimum atomic E-state index is 0.639. The van der Waals surface area contributed by atoms with E-state index in [9.17, 15) is 0 Å². The van der Waals surface area contributed by atoms with Crippen molar-refractivity contribution in [2.24, 2.45) is 11.8 Å². The molecular formula is C23H32BrN5. The highest BCUT2D eigenvalue weighted by Gasteiger charge is 2.25. The lowest BCUT2D eigenvalue weighted by atomic mass is 9.89. The summed E-state index contributed by atoms with van der Waals surface area (Å²) in [6.07, 6.45) is 8.48. The largest absolute Gasteiger partial charge is 0.370 e. The van der Waals surface area contributed by atoms with Gasteiger partial charge < -0.3 is 15.5 Å². The molecule has 2 aromatic rings. The number of hydrogen-bond acceptors (Lipinski definition) is 5. The predicted octanol–water partition coefficient (Wildman–Crippen LogP) is 5.61. The van der Waals surface area contributed by atoms with Crippen LogP contribution in [0, 0.1) is 18.8 Å². The minimum Gasteiger partial charge on any atom is -0.370 e. The second kappa shape index (κ2) is 9.90. The summed E-state index contributed by atoms with van der Waals surface area (Å²) in [5.74, 6) is 3.19. The topological polar surface area (TPSA) is 53.1 Å². The first-order valence-electron chi connectivity index (χ1n) is 11.0. The van der Waals surface area contributed by atoms with E-state index < -0.39 is 0 Å². The Morgan fingerprint density at radius 2 is 1.83 bits per heavy atom. The zero-order valence-electron chi connectivity index (χ0n) is 17.3. The van der Waals surface area contributed by atoms with Gasteiger partial charge in [-0.2, -0.15) is 4.98 Å². The van der Waals surface area contributed by atoms with E-state index in [4.69, 9.17) is 0 Å². The standard InChI is InChI=1S/C23H32BrN5/c1-17-13-22(28-23(26-17)27-21-9-7-20(24)8-10-21)25-14-19-11-12-29(16-19)15-18-5-3-2-4-6-18/h7-10,13,18-19H,2-6,11-12,14-16H2,1H3,(H2,25,26,27,28). The summed E-state index contributed by atoms with van der Waals surface area (Å²) >= 11 is 3.47. The number of rotatable bonds is 7. The van der Waals surface area contributed by atoms with E-state index in [0.717, 1.165) is 34.1 Å². The van der Waals surface area contributed by atoms with E-state index in [-0.39, 0.29) is 0 Å². The fourth-order valence-electron chi connectivity index (χ4n) is 4.61. The normalized spacial score (nSPS) is 20.7. The van der Waals surface area contributed by atoms with Crippen molar-refractivity contribution in [3.05, 3.63) is 40.5 Å². The SMILES string of the molecule is Cc1cc(NCC2CCN(CC3CCCCC3)C2)nc(Nc2ccc(Br)cc2)n1. The fraction of sp³-hybridized carbons (Fsp3) is 0.565. The molecule has 1 saturated carbocycles. The van der Waals surface area contributed by atoms with Gasteiger partial charge in [-0.3, -0.25) is 0 Å². The summed E-state index contributed by atoms with van der Waals surface area (Å²) < 4.78 is 1.06. The summed E-state index contributed by atoms with van der Waals surface area (Å²) in [4.78, 5) is 11.9. The number of anilines is 3. The van der Waals surface area contributed by atoms with E-state index in [1.54, 1.807) is 0 Å². The van der Waals surface area contributed by atoms with Crippen LogP contribution in [-0.4, -0.2) is 41.0 Å². The zero-order valence-corrected chi connectivity index (χ0v) is 18.9. The zero-order chi connectivity index (χ0) is 20.1. The molecule has 2 heterocycles. The van der Waals surface area contributed by atoms with Crippen molar-refractivity contribution in [1.29, 1.82) is 0 Å². The minimum absolute atomic E-state index is 0.639. The molecule has 29 heavy (non-hydrogen) atoms. The molecule has 1 aromatic carbocycles. The molecular weight excluding hydrogens is 426 g/mol. The molecule has 1 atom stereocenters. The van der Waals surface area contributed by atoms with Gasteiger partial charge in [-0.15, -0.1) is 0 Å². The Hall–Kier alpha value is -1.66. The molecule has 6 heteroatoms. The van der Waals surface area contributed by atoms with E-state index in [1.165, 1.54) is 58.2 Å². The van der Waals surface area contributed by atoms with Crippen molar-refractivity contribution in [3.8, 4) is 0 Å². The number of hydrogen-bond donors (Lipinski definition) is 2. The van der Waals surface area contributed by atoms with Crippen molar-refractivity contribution in [2.75, 3.05) is 36.8 Å². The average Bonchev–Trinajstić information content (AvgIpc) is 3.16. The highest BCUT2D eigenvalue weighted by atomic mass is 79.9. The highest BCUT2D eigenvalue weighted by molar-refractivity contribution is 9.10. The van der Waals surface area contributed by atoms with Crippen LogP contribution in [0.2, 0.25) is 0 Å². The average molecular weight is 458 g/mol. The first kappa shape index (κ1) is 20.6. The molecule has 0 radical (unpaired) electrons. The Balaban J connectivity index is 1.28. The van der Waals surface area contributed by atoms with Crippen LogP contribution in [0.25, 0.3) is 0 Å².